The highest BCUT2D eigenvalue weighted by molar-refractivity contribution is 14.1. The third kappa shape index (κ3) is 5.45. The quantitative estimate of drug-likeness (QED) is 0.218. The lowest BCUT2D eigenvalue weighted by Crippen LogP contribution is -2.19. The summed E-state index contributed by atoms with van der Waals surface area (Å²) in [6.45, 7) is 27.4. The average molecular weight is 510 g/mol. The van der Waals surface area contributed by atoms with E-state index in [1.54, 1.807) is 0 Å². The van der Waals surface area contributed by atoms with Crippen LogP contribution >= 0.6 is 22.6 Å². The first-order chi connectivity index (χ1) is 14.2. The Bertz CT molecular complexity index is 1040. The van der Waals surface area contributed by atoms with Crippen molar-refractivity contribution in [2.24, 2.45) is 4.99 Å². The zero-order chi connectivity index (χ0) is 22.4. The second-order valence-corrected chi connectivity index (χ2v) is 8.82. The van der Waals surface area contributed by atoms with Gasteiger partial charge in [-0.1, -0.05) is 44.5 Å². The Kier molecular flexibility index (Phi) is 8.12. The lowest BCUT2D eigenvalue weighted by atomic mass is 9.99. The molecule has 1 N–H and O–H groups in total. The number of nitrogens with zero attached hydrogens (tertiary/aromatic N) is 2. The zero-order valence-electron chi connectivity index (χ0n) is 18.1. The van der Waals surface area contributed by atoms with Gasteiger partial charge in [-0.3, -0.25) is 0 Å². The number of allylic oxidation sites excluding steroid dienone is 8. The fourth-order valence-corrected chi connectivity index (χ4v) is 3.19. The fraction of sp³-hybridized carbons (Fsp3) is 0.154. The molecule has 0 fully saturated rings. The van der Waals surface area contributed by atoms with E-state index >= 15 is 0 Å². The van der Waals surface area contributed by atoms with Crippen LogP contribution in [0.4, 0.5) is 5.69 Å². The Morgan fingerprint density at radius 3 is 2.50 bits per heavy atom. The number of aromatic amines is 1. The van der Waals surface area contributed by atoms with Gasteiger partial charge in [-0.05, 0) is 81.4 Å². The molecule has 2 heterocycles. The van der Waals surface area contributed by atoms with Crippen molar-refractivity contribution >= 4 is 34.0 Å². The molecule has 3 nitrogen and oxygen atoms in total. The van der Waals surface area contributed by atoms with Crippen molar-refractivity contribution in [3.63, 3.8) is 0 Å². The number of anilines is 1. The molecule has 0 unspecified atom stereocenters. The molecule has 154 valence electrons. The second-order valence-electron chi connectivity index (χ2n) is 7.12. The molecule has 1 aliphatic rings. The van der Waals surface area contributed by atoms with Gasteiger partial charge in [0, 0.05) is 12.6 Å². The summed E-state index contributed by atoms with van der Waals surface area (Å²) in [7, 11) is 0. The lowest BCUT2D eigenvalue weighted by Gasteiger charge is -2.16. The minimum atomic E-state index is 0.589. The van der Waals surface area contributed by atoms with Crippen molar-refractivity contribution < 1.29 is 4.98 Å². The Morgan fingerprint density at radius 2 is 1.87 bits per heavy atom. The number of nitrogens with one attached hydrogen (secondary N) is 1. The number of hydrogen-bond acceptors (Lipinski definition) is 2. The summed E-state index contributed by atoms with van der Waals surface area (Å²) < 4.78 is 1.22. The van der Waals surface area contributed by atoms with E-state index in [4.69, 9.17) is 4.99 Å². The van der Waals surface area contributed by atoms with Crippen LogP contribution in [-0.4, -0.2) is 12.3 Å². The van der Waals surface area contributed by atoms with Crippen LogP contribution in [0.15, 0.2) is 118 Å². The SMILES string of the molecule is C=CCN1C(=C)C(=NC(=C)C(=C)/C=C(/C)C(=C)/C(C)=C/C=C(\C)I)c2[nH+]cccc21. The maximum Gasteiger partial charge on any atom is 0.255 e. The van der Waals surface area contributed by atoms with E-state index in [9.17, 15) is 0 Å². The smallest absolute Gasteiger partial charge is 0.255 e. The van der Waals surface area contributed by atoms with Gasteiger partial charge >= 0.3 is 0 Å². The highest BCUT2D eigenvalue weighted by atomic mass is 127. The normalized spacial score (nSPS) is 16.0. The van der Waals surface area contributed by atoms with Gasteiger partial charge in [0.05, 0.1) is 11.4 Å². The largest absolute Gasteiger partial charge is 0.331 e. The van der Waals surface area contributed by atoms with Gasteiger partial charge in [0.2, 0.25) is 0 Å². The molecule has 0 spiro atoms. The van der Waals surface area contributed by atoms with Crippen LogP contribution in [-0.2, 0) is 0 Å². The van der Waals surface area contributed by atoms with Crippen molar-refractivity contribution in [1.82, 2.24) is 0 Å². The van der Waals surface area contributed by atoms with Crippen LogP contribution in [0, 0.1) is 0 Å². The van der Waals surface area contributed by atoms with Gasteiger partial charge in [0.25, 0.3) is 5.69 Å². The van der Waals surface area contributed by atoms with E-state index in [1.165, 1.54) is 3.58 Å². The summed E-state index contributed by atoms with van der Waals surface area (Å²) in [4.78, 5) is 10.1. The monoisotopic (exact) mass is 510 g/mol. The summed E-state index contributed by atoms with van der Waals surface area (Å²) in [5, 5.41) is 0. The van der Waals surface area contributed by atoms with Gasteiger partial charge in [-0.25, -0.2) is 9.98 Å². The summed E-state index contributed by atoms with van der Waals surface area (Å²) in [5.41, 5.74) is 7.95. The summed E-state index contributed by atoms with van der Waals surface area (Å²) >= 11 is 2.29. The molecular weight excluding hydrogens is 481 g/mol. The maximum atomic E-state index is 4.76. The summed E-state index contributed by atoms with van der Waals surface area (Å²) in [5.74, 6) is 0. The van der Waals surface area contributed by atoms with Crippen molar-refractivity contribution in [3.8, 4) is 0 Å². The molecule has 0 saturated heterocycles. The fourth-order valence-electron chi connectivity index (χ4n) is 3.01. The second kappa shape index (κ2) is 10.3. The topological polar surface area (TPSA) is 29.7 Å². The molecule has 2 rings (SSSR count). The first-order valence-corrected chi connectivity index (χ1v) is 10.7. The number of rotatable bonds is 8. The minimum absolute atomic E-state index is 0.589. The Balaban J connectivity index is 2.28. The molecule has 30 heavy (non-hydrogen) atoms. The molecule has 1 aromatic heterocycles. The highest BCUT2D eigenvalue weighted by Crippen LogP contribution is 2.32. The number of H-pyrrole nitrogens is 1. The number of aromatic nitrogens is 1. The molecule has 0 aromatic carbocycles. The van der Waals surface area contributed by atoms with Crippen molar-refractivity contribution in [3.05, 3.63) is 118 Å². The van der Waals surface area contributed by atoms with Gasteiger partial charge in [-0.15, -0.1) is 6.58 Å². The van der Waals surface area contributed by atoms with Gasteiger partial charge < -0.3 is 4.90 Å². The highest BCUT2D eigenvalue weighted by Gasteiger charge is 2.33. The number of halogens is 1. The predicted octanol–water partition coefficient (Wildman–Crippen LogP) is 6.67. The van der Waals surface area contributed by atoms with Crippen LogP contribution in [0.2, 0.25) is 0 Å². The number of pyridine rings is 1. The van der Waals surface area contributed by atoms with E-state index in [-0.39, 0.29) is 0 Å². The molecule has 1 aliphatic heterocycles. The molecular formula is C26H29IN3+. The zero-order valence-corrected chi connectivity index (χ0v) is 20.2. The standard InChI is InChI=1S/C26H28IN3/c1-9-15-30-23(8)25(26-24(30)11-10-14-28-26)29-22(7)19(4)16-18(3)21(6)17(2)12-13-20(5)27/h9-14,16H,1,4,6-8,15H2,2-3,5H3/p+1/b17-12+,18-16-,20-13+,29-25?. The molecule has 0 amide bonds. The first-order valence-electron chi connectivity index (χ1n) is 9.61. The van der Waals surface area contributed by atoms with E-state index in [0.29, 0.717) is 12.2 Å². The van der Waals surface area contributed by atoms with E-state index in [2.05, 4.69) is 91.4 Å². The lowest BCUT2D eigenvalue weighted by molar-refractivity contribution is -0.378. The summed E-state index contributed by atoms with van der Waals surface area (Å²) in [6, 6.07) is 4.00. The Hall–Kier alpha value is -2.73. The van der Waals surface area contributed by atoms with Gasteiger partial charge in [0.1, 0.15) is 5.69 Å². The van der Waals surface area contributed by atoms with Gasteiger partial charge in [-0.2, -0.15) is 0 Å². The van der Waals surface area contributed by atoms with E-state index in [1.807, 2.05) is 37.4 Å². The van der Waals surface area contributed by atoms with Crippen LogP contribution in [0.1, 0.15) is 26.5 Å². The number of fused-ring (bicyclic) bond motifs is 1. The minimum Gasteiger partial charge on any atom is -0.331 e. The first kappa shape index (κ1) is 23.5. The third-order valence-corrected chi connectivity index (χ3v) is 5.16. The maximum absolute atomic E-state index is 4.76. The molecule has 0 atom stereocenters. The average Bonchev–Trinajstić information content (AvgIpc) is 2.97. The molecule has 4 heteroatoms. The molecule has 0 aliphatic carbocycles. The van der Waals surface area contributed by atoms with Crippen LogP contribution in [0.3, 0.4) is 0 Å². The molecule has 0 radical (unpaired) electrons. The van der Waals surface area contributed by atoms with Crippen molar-refractivity contribution in [2.45, 2.75) is 20.8 Å². The predicted molar refractivity (Wildman–Crippen MR) is 139 cm³/mol. The molecule has 1 aromatic rings. The van der Waals surface area contributed by atoms with Crippen molar-refractivity contribution in [2.75, 3.05) is 11.4 Å². The number of hydrogen-bond donors (Lipinski definition) is 0. The van der Waals surface area contributed by atoms with Crippen LogP contribution in [0.25, 0.3) is 0 Å². The van der Waals surface area contributed by atoms with E-state index in [0.717, 1.165) is 45.1 Å². The van der Waals surface area contributed by atoms with Crippen molar-refractivity contribution in [1.29, 1.82) is 0 Å². The van der Waals surface area contributed by atoms with Crippen LogP contribution < -0.4 is 9.88 Å². The van der Waals surface area contributed by atoms with Gasteiger partial charge in [0.15, 0.2) is 11.9 Å². The van der Waals surface area contributed by atoms with Crippen LogP contribution in [0.5, 0.6) is 0 Å². The third-order valence-electron chi connectivity index (χ3n) is 4.80. The Morgan fingerprint density at radius 1 is 1.17 bits per heavy atom. The Labute approximate surface area is 194 Å². The number of aliphatic imine (C=N–C) groups is 1. The van der Waals surface area contributed by atoms with E-state index < -0.39 is 0 Å². The summed E-state index contributed by atoms with van der Waals surface area (Å²) in [6.07, 6.45) is 9.85. The molecule has 0 bridgehead atoms. The molecule has 0 saturated carbocycles.